The monoisotopic (exact) mass is 567 g/mol. The van der Waals surface area contributed by atoms with Gasteiger partial charge in [0.15, 0.2) is 0 Å². The van der Waals surface area contributed by atoms with E-state index < -0.39 is 42.4 Å². The number of terminal acetylenes is 1. The van der Waals surface area contributed by atoms with Gasteiger partial charge in [0.25, 0.3) is 0 Å². The molecule has 0 bridgehead atoms. The molecule has 0 radical (unpaired) electrons. The fourth-order valence-corrected chi connectivity index (χ4v) is 4.93. The molecule has 2 aromatic rings. The maximum atomic E-state index is 13.5. The molecule has 0 spiro atoms. The molecule has 0 aliphatic carbocycles. The number of aliphatic carboxylic acids is 1. The number of amides is 4. The van der Waals surface area contributed by atoms with Crippen LogP contribution in [0.25, 0.3) is 0 Å². The lowest BCUT2D eigenvalue weighted by Gasteiger charge is -2.54. The molecule has 12 heteroatoms. The lowest BCUT2D eigenvalue weighted by atomic mass is 10.0. The van der Waals surface area contributed by atoms with Crippen molar-refractivity contribution in [3.05, 3.63) is 70.7 Å². The summed E-state index contributed by atoms with van der Waals surface area (Å²) in [5, 5.41) is 15.8. The van der Waals surface area contributed by atoms with E-state index in [-0.39, 0.29) is 45.9 Å². The van der Waals surface area contributed by atoms with Crippen LogP contribution in [0, 0.1) is 12.3 Å². The number of carbonyl (C=O) groups is 4. The maximum absolute atomic E-state index is 13.5. The highest BCUT2D eigenvalue weighted by Gasteiger charge is 2.51. The molecule has 0 saturated carbocycles. The van der Waals surface area contributed by atoms with Gasteiger partial charge in [0.1, 0.15) is 12.2 Å². The first-order valence-electron chi connectivity index (χ1n) is 12.7. The van der Waals surface area contributed by atoms with Crippen molar-refractivity contribution in [1.29, 1.82) is 0 Å². The number of ether oxygens (including phenoxy) is 1. The molecule has 2 saturated heterocycles. The van der Waals surface area contributed by atoms with E-state index in [1.165, 1.54) is 19.8 Å². The number of halogens is 1. The molecule has 11 nitrogen and oxygen atoms in total. The molecule has 2 aliphatic rings. The summed E-state index contributed by atoms with van der Waals surface area (Å²) in [6, 6.07) is 14.6. The van der Waals surface area contributed by atoms with Crippen LogP contribution in [0.2, 0.25) is 5.02 Å². The molecule has 2 heterocycles. The van der Waals surface area contributed by atoms with Crippen LogP contribution < -0.4 is 5.32 Å². The zero-order chi connectivity index (χ0) is 28.6. The van der Waals surface area contributed by atoms with Crippen molar-refractivity contribution >= 4 is 35.4 Å². The number of carboxylic acid groups (broad SMARTS) is 1. The van der Waals surface area contributed by atoms with Crippen molar-refractivity contribution in [3.63, 3.8) is 0 Å². The molecule has 0 aromatic heterocycles. The van der Waals surface area contributed by atoms with Crippen LogP contribution >= 0.6 is 11.6 Å². The Balaban J connectivity index is 1.53. The topological polar surface area (TPSA) is 123 Å². The molecule has 2 aliphatic heterocycles. The first kappa shape index (κ1) is 28.9. The van der Waals surface area contributed by atoms with Crippen LogP contribution in [-0.4, -0.2) is 93.7 Å². The zero-order valence-corrected chi connectivity index (χ0v) is 22.5. The summed E-state index contributed by atoms with van der Waals surface area (Å²) in [6.45, 7) is 0.462. The fraction of sp³-hybridized carbons (Fsp3) is 0.357. The molecule has 2 fully saturated rings. The van der Waals surface area contributed by atoms with Crippen molar-refractivity contribution < 1.29 is 29.0 Å². The molecular weight excluding hydrogens is 538 g/mol. The highest BCUT2D eigenvalue weighted by molar-refractivity contribution is 6.30. The molecule has 40 heavy (non-hydrogen) atoms. The lowest BCUT2D eigenvalue weighted by Crippen LogP contribution is -2.76. The van der Waals surface area contributed by atoms with E-state index in [1.54, 1.807) is 12.1 Å². The second-order valence-corrected chi connectivity index (χ2v) is 9.81. The number of piperazine rings is 1. The van der Waals surface area contributed by atoms with Crippen LogP contribution in [0.5, 0.6) is 0 Å². The number of carbonyl (C=O) groups excluding carboxylic acids is 3. The smallest absolute Gasteiger partial charge is 0.334 e. The van der Waals surface area contributed by atoms with Gasteiger partial charge in [-0.25, -0.2) is 9.80 Å². The molecule has 4 rings (SSSR count). The van der Waals surface area contributed by atoms with E-state index in [1.807, 2.05) is 42.5 Å². The van der Waals surface area contributed by atoms with Crippen LogP contribution in [0.3, 0.4) is 0 Å². The standard InChI is InChI=1S/C28H30ClN5O6/c1-2-12-32-18-25(35)33-23(15-26(36)37)27(38)31(13-14-40-19-21-8-10-22(29)11-9-21)17-24(33)34(32)28(39)30-16-20-6-4-3-5-7-20/h1,3-11,23-24H,12-19H2,(H,30,39)(H,36,37)/t23-,24-/m0/s1. The van der Waals surface area contributed by atoms with Gasteiger partial charge in [-0.05, 0) is 23.3 Å². The quantitative estimate of drug-likeness (QED) is 0.331. The SMILES string of the molecule is C#CCN1CC(=O)N2[C@@H](CC(=O)O)C(=O)N(CCOCc3ccc(Cl)cc3)C[C@@H]2N1C(=O)NCc1ccccc1. The Labute approximate surface area is 237 Å². The first-order valence-corrected chi connectivity index (χ1v) is 13.1. The van der Waals surface area contributed by atoms with Crippen molar-refractivity contribution in [3.8, 4) is 12.3 Å². The normalized spacial score (nSPS) is 19.2. The molecule has 2 N–H and O–H groups in total. The largest absolute Gasteiger partial charge is 0.481 e. The van der Waals surface area contributed by atoms with Gasteiger partial charge < -0.3 is 25.0 Å². The molecule has 2 aromatic carbocycles. The summed E-state index contributed by atoms with van der Waals surface area (Å²) >= 11 is 5.92. The average Bonchev–Trinajstić information content (AvgIpc) is 2.93. The zero-order valence-electron chi connectivity index (χ0n) is 21.7. The third-order valence-corrected chi connectivity index (χ3v) is 6.91. The minimum Gasteiger partial charge on any atom is -0.481 e. The number of hydrogen-bond acceptors (Lipinski definition) is 6. The van der Waals surface area contributed by atoms with Gasteiger partial charge in [-0.1, -0.05) is 60.0 Å². The summed E-state index contributed by atoms with van der Waals surface area (Å²) in [7, 11) is 0. The van der Waals surface area contributed by atoms with E-state index in [9.17, 15) is 24.3 Å². The molecule has 210 valence electrons. The number of hydrazine groups is 1. The highest BCUT2D eigenvalue weighted by Crippen LogP contribution is 2.28. The number of nitrogens with zero attached hydrogens (tertiary/aromatic N) is 4. The Morgan fingerprint density at radius 1 is 1.10 bits per heavy atom. The Hall–Kier alpha value is -4.11. The first-order chi connectivity index (χ1) is 19.3. The fourth-order valence-electron chi connectivity index (χ4n) is 4.80. The van der Waals surface area contributed by atoms with Crippen LogP contribution in [0.15, 0.2) is 54.6 Å². The van der Waals surface area contributed by atoms with E-state index in [2.05, 4.69) is 11.2 Å². The van der Waals surface area contributed by atoms with Gasteiger partial charge in [0.05, 0.1) is 39.3 Å². The Bertz CT molecular complexity index is 1270. The van der Waals surface area contributed by atoms with Crippen molar-refractivity contribution in [2.45, 2.75) is 31.8 Å². The van der Waals surface area contributed by atoms with E-state index in [4.69, 9.17) is 22.8 Å². The van der Waals surface area contributed by atoms with Crippen LogP contribution in [0.1, 0.15) is 17.5 Å². The van der Waals surface area contributed by atoms with Gasteiger partial charge in [-0.2, -0.15) is 5.01 Å². The average molecular weight is 568 g/mol. The number of benzene rings is 2. The molecule has 2 atom stereocenters. The highest BCUT2D eigenvalue weighted by atomic mass is 35.5. The number of hydrogen-bond donors (Lipinski definition) is 2. The Morgan fingerprint density at radius 2 is 1.82 bits per heavy atom. The second kappa shape index (κ2) is 13.3. The van der Waals surface area contributed by atoms with E-state index in [0.29, 0.717) is 5.02 Å². The summed E-state index contributed by atoms with van der Waals surface area (Å²) < 4.78 is 5.74. The third-order valence-electron chi connectivity index (χ3n) is 6.65. The predicted octanol–water partition coefficient (Wildman–Crippen LogP) is 1.77. The van der Waals surface area contributed by atoms with Crippen LogP contribution in [-0.2, 0) is 32.3 Å². The van der Waals surface area contributed by atoms with Crippen LogP contribution in [0.4, 0.5) is 4.79 Å². The number of carboxylic acids is 1. The van der Waals surface area contributed by atoms with Gasteiger partial charge in [0, 0.05) is 18.1 Å². The van der Waals surface area contributed by atoms with E-state index >= 15 is 0 Å². The summed E-state index contributed by atoms with van der Waals surface area (Å²) in [6.07, 6.45) is 3.98. The third kappa shape index (κ3) is 6.90. The number of nitrogens with one attached hydrogen (secondary N) is 1. The maximum Gasteiger partial charge on any atom is 0.334 e. The summed E-state index contributed by atoms with van der Waals surface area (Å²) in [5.41, 5.74) is 1.76. The number of urea groups is 1. The Morgan fingerprint density at radius 3 is 2.50 bits per heavy atom. The van der Waals surface area contributed by atoms with Crippen molar-refractivity contribution in [1.82, 2.24) is 25.1 Å². The van der Waals surface area contributed by atoms with Gasteiger partial charge in [-0.3, -0.25) is 14.4 Å². The predicted molar refractivity (Wildman–Crippen MR) is 145 cm³/mol. The van der Waals surface area contributed by atoms with Gasteiger partial charge in [0.2, 0.25) is 11.8 Å². The minimum atomic E-state index is -1.28. The molecule has 0 unspecified atom stereocenters. The van der Waals surface area contributed by atoms with Crippen molar-refractivity contribution in [2.75, 3.05) is 32.8 Å². The number of rotatable bonds is 10. The Kier molecular flexibility index (Phi) is 9.60. The second-order valence-electron chi connectivity index (χ2n) is 9.37. The number of fused-ring (bicyclic) bond motifs is 1. The van der Waals surface area contributed by atoms with Gasteiger partial charge >= 0.3 is 12.0 Å². The molecule has 4 amide bonds. The minimum absolute atomic E-state index is 0.0312. The van der Waals surface area contributed by atoms with Gasteiger partial charge in [-0.15, -0.1) is 6.42 Å². The van der Waals surface area contributed by atoms with Crippen molar-refractivity contribution in [2.24, 2.45) is 0 Å². The molecular formula is C28H30ClN5O6. The lowest BCUT2D eigenvalue weighted by molar-refractivity contribution is -0.190. The summed E-state index contributed by atoms with van der Waals surface area (Å²) in [4.78, 5) is 54.4. The van der Waals surface area contributed by atoms with E-state index in [0.717, 1.165) is 11.1 Å². The summed E-state index contributed by atoms with van der Waals surface area (Å²) in [5.74, 6) is 0.231.